The number of rotatable bonds is 10. The van der Waals surface area contributed by atoms with Crippen LogP contribution in [0.4, 0.5) is 5.69 Å². The second-order valence-electron chi connectivity index (χ2n) is 8.47. The van der Waals surface area contributed by atoms with E-state index in [1.807, 2.05) is 31.2 Å². The summed E-state index contributed by atoms with van der Waals surface area (Å²) in [6.45, 7) is 3.34. The maximum absolute atomic E-state index is 13.8. The van der Waals surface area contributed by atoms with Gasteiger partial charge in [-0.05, 0) is 49.2 Å². The zero-order chi connectivity index (χ0) is 27.2. The zero-order valence-corrected chi connectivity index (χ0v) is 23.1. The van der Waals surface area contributed by atoms with Crippen LogP contribution in [0.2, 0.25) is 10.0 Å². The molecule has 1 N–H and O–H groups in total. The number of likely N-dealkylation sites (N-methyl/N-ethyl adjacent to an activating group) is 1. The summed E-state index contributed by atoms with van der Waals surface area (Å²) in [6.07, 6.45) is 0.343. The number of anilines is 1. The number of hydrogen-bond donors (Lipinski definition) is 1. The molecule has 0 saturated heterocycles. The third-order valence-electron chi connectivity index (χ3n) is 5.91. The maximum atomic E-state index is 13.8. The van der Waals surface area contributed by atoms with Crippen molar-refractivity contribution >= 4 is 50.7 Å². The molecular formula is C27H29Cl2N3O4S. The van der Waals surface area contributed by atoms with Gasteiger partial charge < -0.3 is 10.2 Å². The Bertz CT molecular complexity index is 1350. The summed E-state index contributed by atoms with van der Waals surface area (Å²) >= 11 is 12.3. The maximum Gasteiger partial charge on any atom is 0.264 e. The van der Waals surface area contributed by atoms with Crippen molar-refractivity contribution in [2.24, 2.45) is 0 Å². The molecule has 0 spiro atoms. The third kappa shape index (κ3) is 6.83. The summed E-state index contributed by atoms with van der Waals surface area (Å²) < 4.78 is 28.4. The number of amides is 2. The highest BCUT2D eigenvalue weighted by molar-refractivity contribution is 7.92. The predicted molar refractivity (Wildman–Crippen MR) is 147 cm³/mol. The lowest BCUT2D eigenvalue weighted by Gasteiger charge is -2.33. The van der Waals surface area contributed by atoms with Crippen LogP contribution in [0, 0.1) is 6.92 Å². The van der Waals surface area contributed by atoms with Gasteiger partial charge in [0.1, 0.15) is 12.6 Å². The molecule has 0 heterocycles. The lowest BCUT2D eigenvalue weighted by Crippen LogP contribution is -2.51. The van der Waals surface area contributed by atoms with Gasteiger partial charge in [0, 0.05) is 13.6 Å². The monoisotopic (exact) mass is 561 g/mol. The fraction of sp³-hybridized carbons (Fsp3) is 0.259. The molecule has 0 bridgehead atoms. The van der Waals surface area contributed by atoms with Crippen molar-refractivity contribution in [3.8, 4) is 0 Å². The molecule has 0 aliphatic carbocycles. The Kier molecular flexibility index (Phi) is 9.59. The summed E-state index contributed by atoms with van der Waals surface area (Å²) in [7, 11) is -2.66. The Morgan fingerprint density at radius 3 is 2.16 bits per heavy atom. The first-order valence-corrected chi connectivity index (χ1v) is 13.9. The number of carbonyl (C=O) groups excluding carboxylic acids is 2. The normalized spacial score (nSPS) is 12.0. The number of halogens is 2. The molecule has 37 heavy (non-hydrogen) atoms. The van der Waals surface area contributed by atoms with Gasteiger partial charge in [0.15, 0.2) is 0 Å². The first kappa shape index (κ1) is 28.5. The van der Waals surface area contributed by atoms with E-state index in [-0.39, 0.29) is 33.1 Å². The zero-order valence-electron chi connectivity index (χ0n) is 20.8. The van der Waals surface area contributed by atoms with E-state index in [1.165, 1.54) is 42.3 Å². The quantitative estimate of drug-likeness (QED) is 0.375. The fourth-order valence-corrected chi connectivity index (χ4v) is 5.58. The molecule has 0 aromatic heterocycles. The molecule has 2 amide bonds. The van der Waals surface area contributed by atoms with Crippen molar-refractivity contribution in [2.75, 3.05) is 17.9 Å². The van der Waals surface area contributed by atoms with Crippen LogP contribution in [0.5, 0.6) is 0 Å². The van der Waals surface area contributed by atoms with Crippen LogP contribution < -0.4 is 9.62 Å². The molecule has 1 atom stereocenters. The van der Waals surface area contributed by atoms with E-state index in [9.17, 15) is 18.0 Å². The van der Waals surface area contributed by atoms with Gasteiger partial charge in [0.25, 0.3) is 10.0 Å². The van der Waals surface area contributed by atoms with E-state index >= 15 is 0 Å². The Morgan fingerprint density at radius 2 is 1.59 bits per heavy atom. The molecule has 3 rings (SSSR count). The second-order valence-corrected chi connectivity index (χ2v) is 11.1. The molecule has 3 aromatic rings. The minimum absolute atomic E-state index is 0.0114. The van der Waals surface area contributed by atoms with Gasteiger partial charge in [-0.1, -0.05) is 78.2 Å². The second kappa shape index (κ2) is 12.4. The molecule has 10 heteroatoms. The van der Waals surface area contributed by atoms with Crippen LogP contribution in [0.3, 0.4) is 0 Å². The van der Waals surface area contributed by atoms with Crippen molar-refractivity contribution in [2.45, 2.75) is 37.8 Å². The summed E-state index contributed by atoms with van der Waals surface area (Å²) in [5.74, 6) is -0.878. The largest absolute Gasteiger partial charge is 0.357 e. The van der Waals surface area contributed by atoms with Crippen molar-refractivity contribution in [3.63, 3.8) is 0 Å². The van der Waals surface area contributed by atoms with Gasteiger partial charge in [-0.3, -0.25) is 13.9 Å². The minimum Gasteiger partial charge on any atom is -0.357 e. The highest BCUT2D eigenvalue weighted by Gasteiger charge is 2.33. The molecule has 0 saturated carbocycles. The summed E-state index contributed by atoms with van der Waals surface area (Å²) in [6, 6.07) is 19.0. The summed E-state index contributed by atoms with van der Waals surface area (Å²) in [4.78, 5) is 28.0. The summed E-state index contributed by atoms with van der Waals surface area (Å²) in [5, 5.41) is 3.00. The molecule has 3 aromatic carbocycles. The number of sulfonamides is 1. The van der Waals surface area contributed by atoms with E-state index in [0.29, 0.717) is 6.42 Å². The van der Waals surface area contributed by atoms with Gasteiger partial charge in [-0.2, -0.15) is 0 Å². The van der Waals surface area contributed by atoms with Crippen molar-refractivity contribution in [1.82, 2.24) is 10.2 Å². The Hall–Kier alpha value is -3.07. The van der Waals surface area contributed by atoms with Gasteiger partial charge in [0.05, 0.1) is 20.6 Å². The van der Waals surface area contributed by atoms with Crippen LogP contribution in [0.1, 0.15) is 24.5 Å². The van der Waals surface area contributed by atoms with Gasteiger partial charge in [-0.25, -0.2) is 8.42 Å². The average Bonchev–Trinajstić information content (AvgIpc) is 2.90. The van der Waals surface area contributed by atoms with Crippen LogP contribution in [-0.4, -0.2) is 44.8 Å². The van der Waals surface area contributed by atoms with E-state index in [1.54, 1.807) is 25.1 Å². The number of carbonyl (C=O) groups is 2. The Morgan fingerprint density at radius 1 is 0.946 bits per heavy atom. The molecule has 1 unspecified atom stereocenters. The molecule has 0 aliphatic rings. The highest BCUT2D eigenvalue weighted by Crippen LogP contribution is 2.31. The van der Waals surface area contributed by atoms with Gasteiger partial charge in [0.2, 0.25) is 11.8 Å². The third-order valence-corrected chi connectivity index (χ3v) is 8.43. The number of nitrogens with zero attached hydrogens (tertiary/aromatic N) is 2. The smallest absolute Gasteiger partial charge is 0.264 e. The lowest BCUT2D eigenvalue weighted by molar-refractivity contribution is -0.140. The average molecular weight is 563 g/mol. The molecule has 0 fully saturated rings. The Balaban J connectivity index is 2.06. The number of benzene rings is 3. The predicted octanol–water partition coefficient (Wildman–Crippen LogP) is 5.05. The van der Waals surface area contributed by atoms with E-state index in [4.69, 9.17) is 23.2 Å². The van der Waals surface area contributed by atoms with Crippen molar-refractivity contribution < 1.29 is 18.0 Å². The topological polar surface area (TPSA) is 86.8 Å². The first-order valence-electron chi connectivity index (χ1n) is 11.7. The van der Waals surface area contributed by atoms with Gasteiger partial charge in [-0.15, -0.1) is 0 Å². The highest BCUT2D eigenvalue weighted by atomic mass is 35.5. The number of aryl methyl sites for hydroxylation is 1. The molecule has 0 radical (unpaired) electrons. The van der Waals surface area contributed by atoms with E-state index < -0.39 is 28.5 Å². The molecule has 0 aliphatic heterocycles. The fourth-order valence-electron chi connectivity index (χ4n) is 3.86. The lowest BCUT2D eigenvalue weighted by atomic mass is 10.1. The number of hydrogen-bond acceptors (Lipinski definition) is 4. The van der Waals surface area contributed by atoms with Crippen LogP contribution in [0.15, 0.2) is 77.7 Å². The molecular weight excluding hydrogens is 533 g/mol. The van der Waals surface area contributed by atoms with Crippen molar-refractivity contribution in [1.29, 1.82) is 0 Å². The van der Waals surface area contributed by atoms with E-state index in [0.717, 1.165) is 15.4 Å². The standard InChI is InChI=1S/C27H29Cl2N3O4S/c1-4-25(27(34)30-3)31(17-20-12-10-19(2)11-13-20)26(33)18-32(21-14-15-23(28)24(29)16-21)37(35,36)22-8-6-5-7-9-22/h5-16,25H,4,17-18H2,1-3H3,(H,30,34). The van der Waals surface area contributed by atoms with Crippen LogP contribution in [0.25, 0.3) is 0 Å². The Labute approximate surface area is 228 Å². The van der Waals surface area contributed by atoms with Crippen molar-refractivity contribution in [3.05, 3.63) is 94.0 Å². The molecule has 7 nitrogen and oxygen atoms in total. The van der Waals surface area contributed by atoms with E-state index in [2.05, 4.69) is 5.32 Å². The summed E-state index contributed by atoms with van der Waals surface area (Å²) in [5.41, 5.74) is 2.04. The number of nitrogens with one attached hydrogen (secondary N) is 1. The SMILES string of the molecule is CCC(C(=O)NC)N(Cc1ccc(C)cc1)C(=O)CN(c1ccc(Cl)c(Cl)c1)S(=O)(=O)c1ccccc1. The van der Waals surface area contributed by atoms with Gasteiger partial charge >= 0.3 is 0 Å². The van der Waals surface area contributed by atoms with Crippen LogP contribution >= 0.6 is 23.2 Å². The molecule has 196 valence electrons. The first-order chi connectivity index (χ1) is 17.6. The van der Waals surface area contributed by atoms with Crippen LogP contribution in [-0.2, 0) is 26.2 Å². The minimum atomic E-state index is -4.17.